The molecule has 0 aliphatic heterocycles. The average molecular weight is 267 g/mol. The van der Waals surface area contributed by atoms with E-state index in [1.54, 1.807) is 17.9 Å². The molecule has 0 spiro atoms. The molecule has 1 aromatic heterocycles. The molecule has 20 heavy (non-hydrogen) atoms. The summed E-state index contributed by atoms with van der Waals surface area (Å²) < 4.78 is 6.77. The van der Waals surface area contributed by atoms with Gasteiger partial charge in [0, 0.05) is 17.3 Å². The third kappa shape index (κ3) is 2.60. The minimum absolute atomic E-state index is 0.00248. The molecule has 1 aromatic carbocycles. The van der Waals surface area contributed by atoms with Gasteiger partial charge in [-0.05, 0) is 37.1 Å². The molecule has 3 nitrogen and oxygen atoms in total. The van der Waals surface area contributed by atoms with Gasteiger partial charge in [-0.2, -0.15) is 0 Å². The first-order chi connectivity index (χ1) is 9.56. The number of rotatable bonds is 3. The van der Waals surface area contributed by atoms with E-state index in [2.05, 4.69) is 5.92 Å². The zero-order valence-corrected chi connectivity index (χ0v) is 11.9. The Hall–Kier alpha value is -2.47. The van der Waals surface area contributed by atoms with Crippen molar-refractivity contribution in [1.29, 1.82) is 0 Å². The van der Waals surface area contributed by atoms with Gasteiger partial charge < -0.3 is 9.30 Å². The van der Waals surface area contributed by atoms with E-state index in [4.69, 9.17) is 11.2 Å². The largest absolute Gasteiger partial charge is 0.497 e. The van der Waals surface area contributed by atoms with Gasteiger partial charge in [-0.25, -0.2) is 0 Å². The van der Waals surface area contributed by atoms with E-state index in [0.717, 1.165) is 22.4 Å². The van der Waals surface area contributed by atoms with E-state index in [9.17, 15) is 4.79 Å². The Morgan fingerprint density at radius 1 is 1.20 bits per heavy atom. The molecule has 102 valence electrons. The fraction of sp³-hybridized carbons (Fsp3) is 0.235. The van der Waals surface area contributed by atoms with Gasteiger partial charge in [-0.3, -0.25) is 4.79 Å². The lowest BCUT2D eigenvalue weighted by atomic mass is 10.1. The first-order valence-electron chi connectivity index (χ1n) is 6.37. The maximum absolute atomic E-state index is 12.3. The topological polar surface area (TPSA) is 31.2 Å². The van der Waals surface area contributed by atoms with Crippen LogP contribution in [-0.4, -0.2) is 11.7 Å². The minimum atomic E-state index is -0.00248. The van der Waals surface area contributed by atoms with Crippen LogP contribution < -0.4 is 10.3 Å². The van der Waals surface area contributed by atoms with Crippen LogP contribution in [0, 0.1) is 26.2 Å². The molecule has 1 heterocycles. The lowest BCUT2D eigenvalue weighted by molar-refractivity contribution is 0.414. The van der Waals surface area contributed by atoms with Gasteiger partial charge in [0.25, 0.3) is 5.56 Å². The maximum Gasteiger partial charge on any atom is 0.254 e. The van der Waals surface area contributed by atoms with Gasteiger partial charge in [0.1, 0.15) is 5.75 Å². The zero-order chi connectivity index (χ0) is 14.7. The second-order valence-corrected chi connectivity index (χ2v) is 4.72. The smallest absolute Gasteiger partial charge is 0.254 e. The third-order valence-electron chi connectivity index (χ3n) is 3.50. The molecule has 0 aliphatic carbocycles. The van der Waals surface area contributed by atoms with Crippen LogP contribution in [0.25, 0.3) is 0 Å². The van der Waals surface area contributed by atoms with Crippen molar-refractivity contribution in [1.82, 2.24) is 4.57 Å². The Bertz CT molecular complexity index is 718. The number of terminal acetylenes is 1. The Labute approximate surface area is 118 Å². The molecule has 0 radical (unpaired) electrons. The second-order valence-electron chi connectivity index (χ2n) is 4.72. The highest BCUT2D eigenvalue weighted by Crippen LogP contribution is 2.13. The number of hydrogen-bond acceptors (Lipinski definition) is 2. The van der Waals surface area contributed by atoms with Crippen molar-refractivity contribution in [2.75, 3.05) is 7.11 Å². The molecule has 0 fully saturated rings. The van der Waals surface area contributed by atoms with Gasteiger partial charge in [-0.15, -0.1) is 6.42 Å². The van der Waals surface area contributed by atoms with Crippen LogP contribution in [0.2, 0.25) is 0 Å². The Kier molecular flexibility index (Phi) is 3.95. The normalized spacial score (nSPS) is 10.1. The van der Waals surface area contributed by atoms with Crippen LogP contribution in [0.4, 0.5) is 0 Å². The minimum Gasteiger partial charge on any atom is -0.497 e. The molecule has 2 rings (SSSR count). The van der Waals surface area contributed by atoms with Crippen LogP contribution in [0.15, 0.2) is 35.3 Å². The van der Waals surface area contributed by atoms with Crippen LogP contribution >= 0.6 is 0 Å². The molecule has 0 unspecified atom stereocenters. The first kappa shape index (κ1) is 14.0. The van der Waals surface area contributed by atoms with E-state index >= 15 is 0 Å². The van der Waals surface area contributed by atoms with Gasteiger partial charge in [0.15, 0.2) is 0 Å². The molecule has 0 saturated heterocycles. The molecule has 0 amide bonds. The molecule has 0 bridgehead atoms. The Balaban J connectivity index is 2.41. The van der Waals surface area contributed by atoms with Gasteiger partial charge in [-0.1, -0.05) is 18.1 Å². The standard InChI is InChI=1S/C17H17NO2/c1-5-15-11-18(17(19)13(3)12(15)2)10-14-6-8-16(20-4)9-7-14/h1,6-9,11H,10H2,2-4H3. The number of methoxy groups -OCH3 is 1. The summed E-state index contributed by atoms with van der Waals surface area (Å²) in [5.74, 6) is 3.42. The monoisotopic (exact) mass is 267 g/mol. The summed E-state index contributed by atoms with van der Waals surface area (Å²) in [7, 11) is 1.63. The highest BCUT2D eigenvalue weighted by Gasteiger charge is 2.08. The van der Waals surface area contributed by atoms with Crippen molar-refractivity contribution in [3.8, 4) is 18.1 Å². The summed E-state index contributed by atoms with van der Waals surface area (Å²) in [6, 6.07) is 7.64. The highest BCUT2D eigenvalue weighted by molar-refractivity contribution is 5.41. The van der Waals surface area contributed by atoms with Crippen molar-refractivity contribution < 1.29 is 4.74 Å². The summed E-state index contributed by atoms with van der Waals surface area (Å²) in [5.41, 5.74) is 3.37. The second kappa shape index (κ2) is 5.66. The average Bonchev–Trinajstić information content (AvgIpc) is 2.48. The van der Waals surface area contributed by atoms with E-state index in [-0.39, 0.29) is 5.56 Å². The van der Waals surface area contributed by atoms with Crippen molar-refractivity contribution in [3.05, 3.63) is 63.1 Å². The van der Waals surface area contributed by atoms with Crippen molar-refractivity contribution in [2.45, 2.75) is 20.4 Å². The molecule has 3 heteroatoms. The number of aromatic nitrogens is 1. The predicted octanol–water partition coefficient (Wildman–Crippen LogP) is 2.50. The highest BCUT2D eigenvalue weighted by atomic mass is 16.5. The van der Waals surface area contributed by atoms with Crippen LogP contribution in [0.5, 0.6) is 5.75 Å². The van der Waals surface area contributed by atoms with Crippen LogP contribution in [-0.2, 0) is 6.54 Å². The molecule has 0 aliphatic rings. The van der Waals surface area contributed by atoms with Crippen LogP contribution in [0.1, 0.15) is 22.3 Å². The van der Waals surface area contributed by atoms with E-state index < -0.39 is 0 Å². The Morgan fingerprint density at radius 2 is 1.85 bits per heavy atom. The number of pyridine rings is 1. The fourth-order valence-corrected chi connectivity index (χ4v) is 2.08. The number of nitrogens with zero attached hydrogens (tertiary/aromatic N) is 1. The predicted molar refractivity (Wildman–Crippen MR) is 80.2 cm³/mol. The number of hydrogen-bond donors (Lipinski definition) is 0. The molecule has 0 atom stereocenters. The zero-order valence-electron chi connectivity index (χ0n) is 11.9. The lowest BCUT2D eigenvalue weighted by Crippen LogP contribution is -2.24. The summed E-state index contributed by atoms with van der Waals surface area (Å²) in [6.45, 7) is 4.19. The first-order valence-corrected chi connectivity index (χ1v) is 6.37. The summed E-state index contributed by atoms with van der Waals surface area (Å²) in [5, 5.41) is 0. The maximum atomic E-state index is 12.3. The summed E-state index contributed by atoms with van der Waals surface area (Å²) in [4.78, 5) is 12.3. The van der Waals surface area contributed by atoms with E-state index in [1.165, 1.54) is 0 Å². The van der Waals surface area contributed by atoms with Gasteiger partial charge in [0.05, 0.1) is 13.7 Å². The third-order valence-corrected chi connectivity index (χ3v) is 3.50. The molecular weight excluding hydrogens is 250 g/mol. The molecule has 2 aromatic rings. The summed E-state index contributed by atoms with van der Waals surface area (Å²) >= 11 is 0. The quantitative estimate of drug-likeness (QED) is 0.800. The lowest BCUT2D eigenvalue weighted by Gasteiger charge is -2.11. The number of ether oxygens (including phenoxy) is 1. The number of benzene rings is 1. The van der Waals surface area contributed by atoms with Gasteiger partial charge >= 0.3 is 0 Å². The van der Waals surface area contributed by atoms with E-state index in [0.29, 0.717) is 12.1 Å². The van der Waals surface area contributed by atoms with Crippen molar-refractivity contribution in [2.24, 2.45) is 0 Å². The Morgan fingerprint density at radius 3 is 2.40 bits per heavy atom. The van der Waals surface area contributed by atoms with Crippen LogP contribution in [0.3, 0.4) is 0 Å². The van der Waals surface area contributed by atoms with E-state index in [1.807, 2.05) is 38.1 Å². The summed E-state index contributed by atoms with van der Waals surface area (Å²) in [6.07, 6.45) is 7.23. The fourth-order valence-electron chi connectivity index (χ4n) is 2.08. The molecular formula is C17H17NO2. The van der Waals surface area contributed by atoms with Crippen molar-refractivity contribution in [3.63, 3.8) is 0 Å². The van der Waals surface area contributed by atoms with Gasteiger partial charge in [0.2, 0.25) is 0 Å². The molecule has 0 N–H and O–H groups in total. The SMILES string of the molecule is C#Cc1cn(Cc2ccc(OC)cc2)c(=O)c(C)c1C. The molecule has 0 saturated carbocycles. The van der Waals surface area contributed by atoms with Crippen molar-refractivity contribution >= 4 is 0 Å².